The third kappa shape index (κ3) is 3.40. The van der Waals surface area contributed by atoms with Gasteiger partial charge in [-0.25, -0.2) is 14.5 Å². The average molecular weight is 388 g/mol. The minimum atomic E-state index is 0.634. The summed E-state index contributed by atoms with van der Waals surface area (Å²) in [6, 6.07) is 9.74. The number of aryl methyl sites for hydroxylation is 2. The molecule has 0 saturated carbocycles. The highest BCUT2D eigenvalue weighted by atomic mass is 35.5. The van der Waals surface area contributed by atoms with Gasteiger partial charge in [-0.05, 0) is 26.0 Å². The maximum atomic E-state index is 6.25. The van der Waals surface area contributed by atoms with Gasteiger partial charge in [0.15, 0.2) is 0 Å². The molecule has 0 bridgehead atoms. The SMILES string of the molecule is Cc1cc(C)n2nc(SCc3csc(-c4ccccc4Cl)n3)nc2n1. The molecule has 4 aromatic rings. The van der Waals surface area contributed by atoms with Crippen LogP contribution in [0.3, 0.4) is 0 Å². The molecular weight excluding hydrogens is 374 g/mol. The van der Waals surface area contributed by atoms with Crippen LogP contribution in [0.15, 0.2) is 40.9 Å². The van der Waals surface area contributed by atoms with Gasteiger partial charge >= 0.3 is 0 Å². The molecule has 0 aliphatic carbocycles. The fourth-order valence-corrected chi connectivity index (χ4v) is 4.44. The maximum absolute atomic E-state index is 6.25. The summed E-state index contributed by atoms with van der Waals surface area (Å²) in [4.78, 5) is 13.6. The van der Waals surface area contributed by atoms with Crippen molar-refractivity contribution in [2.45, 2.75) is 24.8 Å². The van der Waals surface area contributed by atoms with Crippen LogP contribution in [0.2, 0.25) is 5.02 Å². The van der Waals surface area contributed by atoms with E-state index in [0.29, 0.717) is 16.7 Å². The number of aromatic nitrogens is 5. The summed E-state index contributed by atoms with van der Waals surface area (Å²) < 4.78 is 1.77. The monoisotopic (exact) mass is 387 g/mol. The normalized spacial score (nSPS) is 11.3. The minimum absolute atomic E-state index is 0.634. The van der Waals surface area contributed by atoms with E-state index < -0.39 is 0 Å². The second kappa shape index (κ2) is 6.74. The first-order valence-corrected chi connectivity index (χ1v) is 9.87. The Labute approximate surface area is 158 Å². The van der Waals surface area contributed by atoms with Gasteiger partial charge < -0.3 is 0 Å². The number of fused-ring (bicyclic) bond motifs is 1. The van der Waals surface area contributed by atoms with Crippen LogP contribution in [-0.2, 0) is 5.75 Å². The highest BCUT2D eigenvalue weighted by molar-refractivity contribution is 7.98. The zero-order valence-corrected chi connectivity index (χ0v) is 16.0. The summed E-state index contributed by atoms with van der Waals surface area (Å²) in [6.45, 7) is 3.96. The molecule has 126 valence electrons. The highest BCUT2D eigenvalue weighted by Gasteiger charge is 2.11. The van der Waals surface area contributed by atoms with Crippen molar-refractivity contribution in [3.63, 3.8) is 0 Å². The van der Waals surface area contributed by atoms with Crippen LogP contribution >= 0.6 is 34.7 Å². The van der Waals surface area contributed by atoms with E-state index in [1.807, 2.05) is 44.2 Å². The van der Waals surface area contributed by atoms with Crippen molar-refractivity contribution in [3.05, 3.63) is 57.8 Å². The molecule has 4 rings (SSSR count). The molecule has 0 aliphatic rings. The van der Waals surface area contributed by atoms with Crippen LogP contribution < -0.4 is 0 Å². The number of thioether (sulfide) groups is 1. The Morgan fingerprint density at radius 1 is 1.16 bits per heavy atom. The van der Waals surface area contributed by atoms with Gasteiger partial charge in [-0.3, -0.25) is 0 Å². The summed E-state index contributed by atoms with van der Waals surface area (Å²) in [5.41, 5.74) is 3.92. The molecule has 5 nitrogen and oxygen atoms in total. The van der Waals surface area contributed by atoms with E-state index in [0.717, 1.165) is 32.7 Å². The first kappa shape index (κ1) is 16.5. The number of thiazole rings is 1. The molecule has 0 spiro atoms. The van der Waals surface area contributed by atoms with E-state index in [1.165, 1.54) is 0 Å². The van der Waals surface area contributed by atoms with E-state index in [2.05, 4.69) is 25.4 Å². The van der Waals surface area contributed by atoms with Crippen molar-refractivity contribution >= 4 is 40.5 Å². The predicted octanol–water partition coefficient (Wildman–Crippen LogP) is 4.81. The lowest BCUT2D eigenvalue weighted by molar-refractivity contribution is 0.843. The molecule has 8 heteroatoms. The Bertz CT molecular complexity index is 1060. The standard InChI is InChI=1S/C17H14ClN5S2/c1-10-7-11(2)23-16(19-10)21-17(22-23)25-9-12-8-24-15(20-12)13-5-3-4-6-14(13)18/h3-8H,9H2,1-2H3. The predicted molar refractivity (Wildman–Crippen MR) is 102 cm³/mol. The van der Waals surface area contributed by atoms with Crippen molar-refractivity contribution in [2.24, 2.45) is 0 Å². The Morgan fingerprint density at radius 3 is 2.84 bits per heavy atom. The molecular formula is C17H14ClN5S2. The molecule has 0 N–H and O–H groups in total. The van der Waals surface area contributed by atoms with Crippen LogP contribution in [0, 0.1) is 13.8 Å². The molecule has 25 heavy (non-hydrogen) atoms. The second-order valence-corrected chi connectivity index (χ2v) is 7.77. The third-order valence-corrected chi connectivity index (χ3v) is 5.73. The minimum Gasteiger partial charge on any atom is -0.240 e. The second-order valence-electron chi connectivity index (χ2n) is 5.56. The van der Waals surface area contributed by atoms with E-state index in [4.69, 9.17) is 11.6 Å². The molecule has 0 fully saturated rings. The largest absolute Gasteiger partial charge is 0.253 e. The van der Waals surface area contributed by atoms with Crippen molar-refractivity contribution in [2.75, 3.05) is 0 Å². The van der Waals surface area contributed by atoms with Gasteiger partial charge in [0.1, 0.15) is 5.01 Å². The van der Waals surface area contributed by atoms with E-state index in [-0.39, 0.29) is 0 Å². The lowest BCUT2D eigenvalue weighted by Gasteiger charge is -1.98. The summed E-state index contributed by atoms with van der Waals surface area (Å²) in [5, 5.41) is 8.91. The van der Waals surface area contributed by atoms with Crippen LogP contribution in [0.4, 0.5) is 0 Å². The summed E-state index contributed by atoms with van der Waals surface area (Å²) >= 11 is 9.39. The van der Waals surface area contributed by atoms with Crippen LogP contribution in [0.5, 0.6) is 0 Å². The Hall–Kier alpha value is -1.96. The molecule has 1 aromatic carbocycles. The van der Waals surface area contributed by atoms with Crippen LogP contribution in [-0.4, -0.2) is 24.6 Å². The molecule has 0 amide bonds. The van der Waals surface area contributed by atoms with Crippen molar-refractivity contribution in [1.29, 1.82) is 0 Å². The zero-order chi connectivity index (χ0) is 17.4. The molecule has 0 aliphatic heterocycles. The number of benzene rings is 1. The van der Waals surface area contributed by atoms with Crippen LogP contribution in [0.25, 0.3) is 16.3 Å². The summed E-state index contributed by atoms with van der Waals surface area (Å²) in [5.74, 6) is 1.34. The van der Waals surface area contributed by atoms with Gasteiger partial charge in [-0.2, -0.15) is 4.98 Å². The van der Waals surface area contributed by atoms with Gasteiger partial charge in [-0.1, -0.05) is 41.6 Å². The Balaban J connectivity index is 1.52. The first-order chi connectivity index (χ1) is 12.1. The van der Waals surface area contributed by atoms with E-state index in [1.54, 1.807) is 27.6 Å². The van der Waals surface area contributed by atoms with E-state index in [9.17, 15) is 0 Å². The Morgan fingerprint density at radius 2 is 2.00 bits per heavy atom. The highest BCUT2D eigenvalue weighted by Crippen LogP contribution is 2.31. The number of nitrogens with zero attached hydrogens (tertiary/aromatic N) is 5. The lowest BCUT2D eigenvalue weighted by atomic mass is 10.2. The number of rotatable bonds is 4. The molecule has 3 heterocycles. The topological polar surface area (TPSA) is 56.0 Å². The van der Waals surface area contributed by atoms with Gasteiger partial charge in [0.25, 0.3) is 5.78 Å². The lowest BCUT2D eigenvalue weighted by Crippen LogP contribution is -1.97. The van der Waals surface area contributed by atoms with Gasteiger partial charge in [-0.15, -0.1) is 16.4 Å². The summed E-state index contributed by atoms with van der Waals surface area (Å²) in [6.07, 6.45) is 0. The molecule has 0 radical (unpaired) electrons. The van der Waals surface area contributed by atoms with Gasteiger partial charge in [0.05, 0.1) is 10.7 Å². The molecule has 0 unspecified atom stereocenters. The molecule has 0 saturated heterocycles. The molecule has 0 atom stereocenters. The van der Waals surface area contributed by atoms with Crippen molar-refractivity contribution in [1.82, 2.24) is 24.6 Å². The number of hydrogen-bond donors (Lipinski definition) is 0. The average Bonchev–Trinajstić information content (AvgIpc) is 3.20. The van der Waals surface area contributed by atoms with E-state index >= 15 is 0 Å². The molecule has 3 aromatic heterocycles. The van der Waals surface area contributed by atoms with Gasteiger partial charge in [0, 0.05) is 28.1 Å². The Kier molecular flexibility index (Phi) is 4.45. The number of halogens is 1. The van der Waals surface area contributed by atoms with Crippen molar-refractivity contribution in [3.8, 4) is 10.6 Å². The maximum Gasteiger partial charge on any atom is 0.253 e. The van der Waals surface area contributed by atoms with Crippen molar-refractivity contribution < 1.29 is 0 Å². The third-order valence-electron chi connectivity index (χ3n) is 3.60. The first-order valence-electron chi connectivity index (χ1n) is 7.63. The zero-order valence-electron chi connectivity index (χ0n) is 13.6. The fraction of sp³-hybridized carbons (Fsp3) is 0.176. The van der Waals surface area contributed by atoms with Gasteiger partial charge in [0.2, 0.25) is 5.16 Å². The number of hydrogen-bond acceptors (Lipinski definition) is 6. The smallest absolute Gasteiger partial charge is 0.240 e. The summed E-state index contributed by atoms with van der Waals surface area (Å²) in [7, 11) is 0. The van der Waals surface area contributed by atoms with Crippen LogP contribution in [0.1, 0.15) is 17.1 Å². The quantitative estimate of drug-likeness (QED) is 0.470. The fourth-order valence-electron chi connectivity index (χ4n) is 2.48.